The van der Waals surface area contributed by atoms with Gasteiger partial charge in [-0.2, -0.15) is 0 Å². The highest BCUT2D eigenvalue weighted by atomic mass is 16.5. The highest BCUT2D eigenvalue weighted by molar-refractivity contribution is 5.85. The van der Waals surface area contributed by atoms with E-state index in [4.69, 9.17) is 18.6 Å². The van der Waals surface area contributed by atoms with Crippen LogP contribution in [0.25, 0.3) is 11.5 Å². The van der Waals surface area contributed by atoms with Gasteiger partial charge in [0.1, 0.15) is 11.5 Å². The van der Waals surface area contributed by atoms with E-state index < -0.39 is 6.10 Å². The molecule has 4 aromatic rings. The Hall–Kier alpha value is -5.16. The number of nitrogens with one attached hydrogen (secondary N) is 1. The predicted octanol–water partition coefficient (Wildman–Crippen LogP) is 4.70. The van der Waals surface area contributed by atoms with Crippen molar-refractivity contribution in [2.24, 2.45) is 0 Å². The van der Waals surface area contributed by atoms with Gasteiger partial charge in [-0.05, 0) is 67.3 Å². The lowest BCUT2D eigenvalue weighted by atomic mass is 10.0. The Morgan fingerprint density at radius 1 is 1.02 bits per heavy atom. The molecule has 0 aliphatic carbocycles. The fraction of sp³-hybridized carbons (Fsp3) is 0.351. The Labute approximate surface area is 279 Å². The Bertz CT molecular complexity index is 1770. The second kappa shape index (κ2) is 14.7. The maximum absolute atomic E-state index is 13.6. The van der Waals surface area contributed by atoms with Crippen molar-refractivity contribution in [3.63, 3.8) is 0 Å². The molecule has 3 aliphatic heterocycles. The number of benzene rings is 3. The molecule has 4 heterocycles. The quantitative estimate of drug-likeness (QED) is 0.337. The number of oxazole rings is 1. The largest absolute Gasteiger partial charge is 0.493 e. The molecule has 0 spiro atoms. The van der Waals surface area contributed by atoms with Gasteiger partial charge in [-0.1, -0.05) is 36.4 Å². The first kappa shape index (κ1) is 32.8. The molecule has 0 unspecified atom stereocenters. The summed E-state index contributed by atoms with van der Waals surface area (Å²) >= 11 is 0. The summed E-state index contributed by atoms with van der Waals surface area (Å²) in [6.45, 7) is 2.67. The molecule has 7 rings (SSSR count). The Morgan fingerprint density at radius 3 is 2.67 bits per heavy atom. The molecule has 1 aromatic heterocycles. The summed E-state index contributed by atoms with van der Waals surface area (Å²) in [4.78, 5) is 47.5. The molecular formula is C37H40N4O7. The molecule has 11 nitrogen and oxygen atoms in total. The summed E-state index contributed by atoms with van der Waals surface area (Å²) in [5.74, 6) is 2.26. The van der Waals surface area contributed by atoms with E-state index in [0.717, 1.165) is 16.7 Å². The molecule has 1 N–H and O–H groups in total. The average Bonchev–Trinajstić information content (AvgIpc) is 3.46. The first-order valence-electron chi connectivity index (χ1n) is 16.1. The van der Waals surface area contributed by atoms with Gasteiger partial charge in [0.15, 0.2) is 11.5 Å². The van der Waals surface area contributed by atoms with Gasteiger partial charge in [-0.3, -0.25) is 14.4 Å². The van der Waals surface area contributed by atoms with Gasteiger partial charge < -0.3 is 33.7 Å². The molecule has 3 amide bonds. The maximum Gasteiger partial charge on any atom is 0.239 e. The molecule has 250 valence electrons. The van der Waals surface area contributed by atoms with Crippen LogP contribution in [0.15, 0.2) is 77.2 Å². The van der Waals surface area contributed by atoms with E-state index in [1.807, 2.05) is 79.7 Å². The molecule has 3 aromatic carbocycles. The molecule has 48 heavy (non-hydrogen) atoms. The van der Waals surface area contributed by atoms with Crippen LogP contribution in [0.5, 0.6) is 17.2 Å². The number of likely N-dealkylation sites (tertiary alicyclic amines) is 1. The molecule has 0 saturated carbocycles. The third-order valence-electron chi connectivity index (χ3n) is 8.74. The van der Waals surface area contributed by atoms with Crippen molar-refractivity contribution in [1.82, 2.24) is 20.1 Å². The molecule has 0 radical (unpaired) electrons. The monoisotopic (exact) mass is 652 g/mol. The molecular weight excluding hydrogens is 612 g/mol. The number of piperidine rings is 1. The smallest absolute Gasteiger partial charge is 0.239 e. The summed E-state index contributed by atoms with van der Waals surface area (Å²) < 4.78 is 24.1. The normalized spacial score (nSPS) is 19.0. The molecule has 1 saturated heterocycles. The minimum atomic E-state index is -0.495. The minimum absolute atomic E-state index is 0.0853. The van der Waals surface area contributed by atoms with Crippen LogP contribution in [-0.4, -0.2) is 78.4 Å². The van der Waals surface area contributed by atoms with E-state index in [1.165, 1.54) is 4.90 Å². The highest BCUT2D eigenvalue weighted by Gasteiger charge is 2.34. The van der Waals surface area contributed by atoms with Gasteiger partial charge in [-0.25, -0.2) is 4.98 Å². The van der Waals surface area contributed by atoms with Crippen LogP contribution in [0.2, 0.25) is 0 Å². The number of hydrogen-bond acceptors (Lipinski definition) is 8. The number of rotatable bonds is 4. The molecule has 4 bridgehead atoms. The Morgan fingerprint density at radius 2 is 1.85 bits per heavy atom. The van der Waals surface area contributed by atoms with Crippen LogP contribution in [-0.2, 0) is 38.6 Å². The number of carbonyl (C=O) groups excluding carboxylic acids is 3. The van der Waals surface area contributed by atoms with Gasteiger partial charge in [0.25, 0.3) is 0 Å². The zero-order chi connectivity index (χ0) is 33.6. The van der Waals surface area contributed by atoms with E-state index in [9.17, 15) is 14.4 Å². The van der Waals surface area contributed by atoms with Crippen molar-refractivity contribution in [3.05, 3.63) is 95.4 Å². The number of ether oxygens (including phenoxy) is 3. The van der Waals surface area contributed by atoms with Crippen molar-refractivity contribution in [2.45, 2.75) is 51.4 Å². The maximum atomic E-state index is 13.6. The van der Waals surface area contributed by atoms with E-state index in [-0.39, 0.29) is 56.3 Å². The van der Waals surface area contributed by atoms with Crippen LogP contribution in [0.1, 0.15) is 35.4 Å². The number of amides is 3. The third kappa shape index (κ3) is 7.86. The number of nitrogens with zero attached hydrogens (tertiary/aromatic N) is 3. The second-order valence-electron chi connectivity index (χ2n) is 12.2. The summed E-state index contributed by atoms with van der Waals surface area (Å²) in [5, 5.41) is 3.08. The summed E-state index contributed by atoms with van der Waals surface area (Å²) in [6.07, 6.45) is 0.803. The average molecular weight is 653 g/mol. The molecule has 2 atom stereocenters. The summed E-state index contributed by atoms with van der Waals surface area (Å²) in [5.41, 5.74) is 3.22. The molecule has 3 aliphatic rings. The van der Waals surface area contributed by atoms with E-state index in [1.54, 1.807) is 19.1 Å². The topological polar surface area (TPSA) is 123 Å². The third-order valence-corrected chi connectivity index (χ3v) is 8.74. The number of aryl methyl sites for hydroxylation is 2. The summed E-state index contributed by atoms with van der Waals surface area (Å²) in [7, 11) is 3.20. The van der Waals surface area contributed by atoms with Gasteiger partial charge >= 0.3 is 0 Å². The van der Waals surface area contributed by atoms with Crippen molar-refractivity contribution in [2.75, 3.05) is 33.8 Å². The summed E-state index contributed by atoms with van der Waals surface area (Å²) in [6, 6.07) is 22.4. The van der Waals surface area contributed by atoms with Crippen LogP contribution >= 0.6 is 0 Å². The predicted molar refractivity (Wildman–Crippen MR) is 178 cm³/mol. The zero-order valence-electron chi connectivity index (χ0n) is 27.4. The Balaban J connectivity index is 1.20. The lowest BCUT2D eigenvalue weighted by Crippen LogP contribution is -2.57. The molecule has 1 fully saturated rings. The van der Waals surface area contributed by atoms with Gasteiger partial charge in [0.2, 0.25) is 23.6 Å². The Kier molecular flexibility index (Phi) is 10.1. The fourth-order valence-electron chi connectivity index (χ4n) is 6.01. The zero-order valence-corrected chi connectivity index (χ0v) is 27.4. The number of methoxy groups -OCH3 is 1. The number of carbonyl (C=O) groups is 3. The fourth-order valence-corrected chi connectivity index (χ4v) is 6.01. The second-order valence-corrected chi connectivity index (χ2v) is 12.2. The first-order valence-corrected chi connectivity index (χ1v) is 16.1. The van der Waals surface area contributed by atoms with Crippen LogP contribution < -0.4 is 14.8 Å². The lowest BCUT2D eigenvalue weighted by molar-refractivity contribution is -0.139. The number of likely N-dealkylation sites (N-methyl/N-ethyl adjacent to an activating group) is 1. The van der Waals surface area contributed by atoms with Crippen LogP contribution in [0.4, 0.5) is 0 Å². The van der Waals surface area contributed by atoms with E-state index >= 15 is 0 Å². The van der Waals surface area contributed by atoms with Crippen molar-refractivity contribution in [1.29, 1.82) is 0 Å². The number of fused-ring (bicyclic) bond motifs is 9. The van der Waals surface area contributed by atoms with Gasteiger partial charge in [0.05, 0.1) is 44.5 Å². The highest BCUT2D eigenvalue weighted by Crippen LogP contribution is 2.33. The SMILES string of the molecule is COc1cc2ccc1Oc1cccc(c1)CO[C@H]1CN(C(=O)Cc3nc(-c4ccccc4)oc3C)CC[C@@H]1NC(=O)CN(C)C(=O)CC2. The minimum Gasteiger partial charge on any atom is -0.493 e. The van der Waals surface area contributed by atoms with Crippen molar-refractivity contribution in [3.8, 4) is 28.7 Å². The van der Waals surface area contributed by atoms with Crippen LogP contribution in [0.3, 0.4) is 0 Å². The number of aromatic nitrogens is 1. The van der Waals surface area contributed by atoms with E-state index in [2.05, 4.69) is 10.3 Å². The lowest BCUT2D eigenvalue weighted by Gasteiger charge is -2.39. The van der Waals surface area contributed by atoms with Gasteiger partial charge in [-0.15, -0.1) is 0 Å². The first-order chi connectivity index (χ1) is 23.2. The van der Waals surface area contributed by atoms with E-state index in [0.29, 0.717) is 54.0 Å². The number of hydrogen-bond donors (Lipinski definition) is 1. The van der Waals surface area contributed by atoms with Crippen molar-refractivity contribution < 1.29 is 33.0 Å². The molecule has 11 heteroatoms. The van der Waals surface area contributed by atoms with Gasteiger partial charge in [0, 0.05) is 32.1 Å². The van der Waals surface area contributed by atoms with Crippen molar-refractivity contribution >= 4 is 17.7 Å². The van der Waals surface area contributed by atoms with Crippen LogP contribution in [0, 0.1) is 6.92 Å². The standard InChI is InChI=1S/C37H40N4O7/c1-24-30(39-37(47-24)27-9-5-4-6-10-27)20-36(44)41-17-16-29-33(21-41)46-23-26-8-7-11-28(18-26)48-31-14-12-25(19-32(31)45-3)13-15-35(43)40(2)22-34(42)38-29/h4-12,14,18-19,29,33H,13,15-17,20-23H2,1-3H3,(H,38,42)/t29-,33-/m0/s1.